The number of allylic oxidation sites excluding steroid dienone is 4. The summed E-state index contributed by atoms with van der Waals surface area (Å²) in [6.45, 7) is 3.45. The van der Waals surface area contributed by atoms with E-state index in [1.165, 1.54) is 6.08 Å². The molecule has 0 saturated heterocycles. The van der Waals surface area contributed by atoms with Crippen molar-refractivity contribution < 1.29 is 14.4 Å². The highest BCUT2D eigenvalue weighted by atomic mass is 16.7. The zero-order chi connectivity index (χ0) is 16.4. The fourth-order valence-corrected chi connectivity index (χ4v) is 2.33. The average molecular weight is 305 g/mol. The first-order chi connectivity index (χ1) is 11.0. The summed E-state index contributed by atoms with van der Waals surface area (Å²) in [4.78, 5) is 28.7. The molecule has 0 saturated carbocycles. The fourth-order valence-electron chi connectivity index (χ4n) is 2.33. The third-order valence-electron chi connectivity index (χ3n) is 3.71. The predicted molar refractivity (Wildman–Crippen MR) is 89.3 cm³/mol. The smallest absolute Gasteiger partial charge is 0.312 e. The lowest BCUT2D eigenvalue weighted by Gasteiger charge is -2.08. The summed E-state index contributed by atoms with van der Waals surface area (Å²) in [6, 6.07) is 13.1. The second-order valence-electron chi connectivity index (χ2n) is 5.44. The molecule has 0 aromatic heterocycles. The van der Waals surface area contributed by atoms with Gasteiger partial charge >= 0.3 is 5.97 Å². The largest absolute Gasteiger partial charge is 0.365 e. The molecule has 0 atom stereocenters. The van der Waals surface area contributed by atoms with Crippen molar-refractivity contribution in [3.8, 4) is 0 Å². The molecule has 0 bridgehead atoms. The van der Waals surface area contributed by atoms with Crippen LogP contribution in [-0.4, -0.2) is 17.5 Å². The average Bonchev–Trinajstić information content (AvgIpc) is 2.56. The van der Waals surface area contributed by atoms with Gasteiger partial charge in [0.2, 0.25) is 0 Å². The van der Waals surface area contributed by atoms with Crippen molar-refractivity contribution in [3.63, 3.8) is 0 Å². The van der Waals surface area contributed by atoms with Crippen molar-refractivity contribution >= 4 is 28.2 Å². The van der Waals surface area contributed by atoms with E-state index in [2.05, 4.69) is 5.16 Å². The van der Waals surface area contributed by atoms with Crippen LogP contribution in [0.1, 0.15) is 24.2 Å². The van der Waals surface area contributed by atoms with Crippen LogP contribution >= 0.6 is 0 Å². The maximum absolute atomic E-state index is 12.1. The van der Waals surface area contributed by atoms with E-state index in [1.54, 1.807) is 32.1 Å². The number of oxime groups is 1. The van der Waals surface area contributed by atoms with Crippen LogP contribution in [-0.2, 0) is 9.63 Å². The van der Waals surface area contributed by atoms with E-state index in [1.807, 2.05) is 30.3 Å². The van der Waals surface area contributed by atoms with Crippen LogP contribution in [0.25, 0.3) is 10.8 Å². The van der Waals surface area contributed by atoms with Crippen molar-refractivity contribution in [1.29, 1.82) is 0 Å². The molecule has 0 aliphatic heterocycles. The lowest BCUT2D eigenvalue weighted by Crippen LogP contribution is -2.11. The van der Waals surface area contributed by atoms with Gasteiger partial charge in [0.25, 0.3) is 0 Å². The lowest BCUT2D eigenvalue weighted by molar-refractivity contribution is -0.111. The molecule has 0 fully saturated rings. The molecule has 4 nitrogen and oxygen atoms in total. The molecular weight excluding hydrogens is 290 g/mol. The van der Waals surface area contributed by atoms with Crippen LogP contribution < -0.4 is 0 Å². The summed E-state index contributed by atoms with van der Waals surface area (Å²) in [5.41, 5.74) is 2.15. The Labute approximate surface area is 133 Å². The Hall–Kier alpha value is -3.01. The molecule has 0 unspecified atom stereocenters. The standard InChI is InChI=1S/C19H15NO3/c1-12-10-18(21)13(2)9-17(12)20-23-19(22)16-8-7-14-5-3-4-6-15(14)11-16/h3-11H,1-2H3/b20-17+. The molecule has 0 spiro atoms. The number of carbonyl (C=O) groups is 2. The van der Waals surface area contributed by atoms with Gasteiger partial charge in [-0.05, 0) is 60.1 Å². The van der Waals surface area contributed by atoms with Crippen molar-refractivity contribution in [2.75, 3.05) is 0 Å². The van der Waals surface area contributed by atoms with Gasteiger partial charge in [-0.1, -0.05) is 35.5 Å². The summed E-state index contributed by atoms with van der Waals surface area (Å²) in [5, 5.41) is 5.89. The highest BCUT2D eigenvalue weighted by Gasteiger charge is 2.14. The maximum atomic E-state index is 12.1. The van der Waals surface area contributed by atoms with Crippen LogP contribution in [0.15, 0.2) is 70.9 Å². The number of hydrogen-bond acceptors (Lipinski definition) is 4. The van der Waals surface area contributed by atoms with Crippen molar-refractivity contribution in [2.45, 2.75) is 13.8 Å². The number of ketones is 1. The quantitative estimate of drug-likeness (QED) is 0.481. The topological polar surface area (TPSA) is 55.7 Å². The Balaban J connectivity index is 1.82. The third kappa shape index (κ3) is 3.11. The molecular formula is C19H15NO3. The van der Waals surface area contributed by atoms with Crippen LogP contribution in [0.2, 0.25) is 0 Å². The van der Waals surface area contributed by atoms with Gasteiger partial charge in [0.15, 0.2) is 5.78 Å². The lowest BCUT2D eigenvalue weighted by atomic mass is 9.99. The Morgan fingerprint density at radius 3 is 2.48 bits per heavy atom. The van der Waals surface area contributed by atoms with Gasteiger partial charge in [0, 0.05) is 0 Å². The van der Waals surface area contributed by atoms with Crippen molar-refractivity contribution in [2.24, 2.45) is 5.16 Å². The summed E-state index contributed by atoms with van der Waals surface area (Å²) >= 11 is 0. The van der Waals surface area contributed by atoms with Gasteiger partial charge in [-0.3, -0.25) is 4.79 Å². The summed E-state index contributed by atoms with van der Waals surface area (Å²) in [6.07, 6.45) is 3.10. The summed E-state index contributed by atoms with van der Waals surface area (Å²) in [5.74, 6) is -0.582. The molecule has 1 aliphatic carbocycles. The molecule has 3 rings (SSSR count). The fraction of sp³-hybridized carbons (Fsp3) is 0.105. The molecule has 23 heavy (non-hydrogen) atoms. The number of rotatable bonds is 2. The third-order valence-corrected chi connectivity index (χ3v) is 3.71. The highest BCUT2D eigenvalue weighted by Crippen LogP contribution is 2.17. The molecule has 0 amide bonds. The molecule has 0 heterocycles. The van der Waals surface area contributed by atoms with Crippen LogP contribution in [0.4, 0.5) is 0 Å². The second-order valence-corrected chi connectivity index (χ2v) is 5.44. The predicted octanol–water partition coefficient (Wildman–Crippen LogP) is 3.83. The number of carbonyl (C=O) groups excluding carboxylic acids is 2. The van der Waals surface area contributed by atoms with Gasteiger partial charge in [-0.15, -0.1) is 0 Å². The van der Waals surface area contributed by atoms with Gasteiger partial charge in [0.05, 0.1) is 5.56 Å². The van der Waals surface area contributed by atoms with Gasteiger partial charge < -0.3 is 4.84 Å². The molecule has 1 aliphatic rings. The number of nitrogens with zero attached hydrogens (tertiary/aromatic N) is 1. The molecule has 2 aromatic carbocycles. The maximum Gasteiger partial charge on any atom is 0.365 e. The molecule has 2 aromatic rings. The van der Waals surface area contributed by atoms with Crippen molar-refractivity contribution in [3.05, 3.63) is 71.3 Å². The number of benzene rings is 2. The Bertz CT molecular complexity index is 904. The first kappa shape index (κ1) is 14.9. The highest BCUT2D eigenvalue weighted by molar-refractivity contribution is 6.21. The summed E-state index contributed by atoms with van der Waals surface area (Å²) < 4.78 is 0. The van der Waals surface area contributed by atoms with Crippen molar-refractivity contribution in [1.82, 2.24) is 0 Å². The minimum absolute atomic E-state index is 0.0534. The normalized spacial score (nSPS) is 16.3. The minimum Gasteiger partial charge on any atom is -0.312 e. The molecule has 0 radical (unpaired) electrons. The molecule has 0 N–H and O–H groups in total. The van der Waals surface area contributed by atoms with E-state index in [-0.39, 0.29) is 5.78 Å². The SMILES string of the molecule is CC1=C/C(=N\OC(=O)c2ccc3ccccc3c2)C(C)=CC1=O. The van der Waals surface area contributed by atoms with Gasteiger partial charge in [-0.25, -0.2) is 4.79 Å². The zero-order valence-electron chi connectivity index (χ0n) is 12.9. The second kappa shape index (κ2) is 6.01. The minimum atomic E-state index is -0.529. The van der Waals surface area contributed by atoms with E-state index in [0.717, 1.165) is 10.8 Å². The Morgan fingerprint density at radius 1 is 0.957 bits per heavy atom. The summed E-state index contributed by atoms with van der Waals surface area (Å²) in [7, 11) is 0. The first-order valence-electron chi connectivity index (χ1n) is 7.24. The van der Waals surface area contributed by atoms with Crippen LogP contribution in [0.3, 0.4) is 0 Å². The van der Waals surface area contributed by atoms with E-state index in [4.69, 9.17) is 4.84 Å². The Kier molecular flexibility index (Phi) is 3.89. The van der Waals surface area contributed by atoms with Crippen LogP contribution in [0.5, 0.6) is 0 Å². The van der Waals surface area contributed by atoms with E-state index in [9.17, 15) is 9.59 Å². The first-order valence-corrected chi connectivity index (χ1v) is 7.24. The monoisotopic (exact) mass is 305 g/mol. The number of hydrogen-bond donors (Lipinski definition) is 0. The molecule has 114 valence electrons. The molecule has 4 heteroatoms. The Morgan fingerprint density at radius 2 is 1.70 bits per heavy atom. The van der Waals surface area contributed by atoms with Gasteiger partial charge in [-0.2, -0.15) is 0 Å². The van der Waals surface area contributed by atoms with E-state index >= 15 is 0 Å². The van der Waals surface area contributed by atoms with E-state index < -0.39 is 5.97 Å². The van der Waals surface area contributed by atoms with Crippen LogP contribution in [0, 0.1) is 0 Å². The van der Waals surface area contributed by atoms with E-state index in [0.29, 0.717) is 22.4 Å². The number of fused-ring (bicyclic) bond motifs is 1. The zero-order valence-corrected chi connectivity index (χ0v) is 12.9. The van der Waals surface area contributed by atoms with Gasteiger partial charge in [0.1, 0.15) is 5.71 Å².